The molecular weight excluding hydrogens is 324 g/mol. The molecule has 24 heavy (non-hydrogen) atoms. The first-order chi connectivity index (χ1) is 11.1. The Hall–Kier alpha value is -1.10. The van der Waals surface area contributed by atoms with Crippen molar-refractivity contribution in [1.29, 1.82) is 0 Å². The standard InChI is InChI=1S/C19H28N2O2.ClH/c1-16(22)23-19(17-9-5-3-6-10-17)11-14-20(2)15-18(19)21-12-7-4-8-13-21;/h3,5-6,9-10,18H,4,7-8,11-15H2,1-2H3;1H. The molecule has 2 unspecified atom stereocenters. The molecule has 0 saturated carbocycles. The second-order valence-corrected chi connectivity index (χ2v) is 6.97. The van der Waals surface area contributed by atoms with Crippen molar-refractivity contribution in [2.75, 3.05) is 33.2 Å². The molecular formula is C19H29ClN2O2. The van der Waals surface area contributed by atoms with Gasteiger partial charge in [-0.05, 0) is 38.5 Å². The normalized spacial score (nSPS) is 28.8. The third-order valence-corrected chi connectivity index (χ3v) is 5.31. The van der Waals surface area contributed by atoms with Gasteiger partial charge in [-0.1, -0.05) is 36.8 Å². The number of piperidine rings is 2. The second-order valence-electron chi connectivity index (χ2n) is 6.97. The van der Waals surface area contributed by atoms with Crippen LogP contribution >= 0.6 is 12.4 Å². The molecule has 3 rings (SSSR count). The molecule has 0 radical (unpaired) electrons. The van der Waals surface area contributed by atoms with E-state index < -0.39 is 5.60 Å². The highest BCUT2D eigenvalue weighted by Crippen LogP contribution is 2.40. The Morgan fingerprint density at radius 3 is 2.42 bits per heavy atom. The third kappa shape index (κ3) is 3.93. The molecule has 4 nitrogen and oxygen atoms in total. The maximum atomic E-state index is 11.9. The van der Waals surface area contributed by atoms with Gasteiger partial charge in [-0.2, -0.15) is 0 Å². The Bertz CT molecular complexity index is 533. The molecule has 0 bridgehead atoms. The van der Waals surface area contributed by atoms with Crippen LogP contribution in [-0.2, 0) is 15.1 Å². The number of halogens is 1. The van der Waals surface area contributed by atoms with Crippen LogP contribution in [0, 0.1) is 0 Å². The van der Waals surface area contributed by atoms with Gasteiger partial charge in [0.15, 0.2) is 5.60 Å². The molecule has 5 heteroatoms. The summed E-state index contributed by atoms with van der Waals surface area (Å²) in [5.74, 6) is -0.180. The molecule has 134 valence electrons. The zero-order valence-electron chi connectivity index (χ0n) is 14.7. The molecule has 0 aromatic heterocycles. The number of nitrogens with zero attached hydrogens (tertiary/aromatic N) is 2. The van der Waals surface area contributed by atoms with Crippen molar-refractivity contribution in [3.63, 3.8) is 0 Å². The highest BCUT2D eigenvalue weighted by Gasteiger charge is 2.49. The summed E-state index contributed by atoms with van der Waals surface area (Å²) in [5.41, 5.74) is 0.621. The molecule has 0 aliphatic carbocycles. The van der Waals surface area contributed by atoms with E-state index in [0.717, 1.165) is 38.2 Å². The molecule has 0 amide bonds. The van der Waals surface area contributed by atoms with Crippen LogP contribution in [0.2, 0.25) is 0 Å². The molecule has 2 atom stereocenters. The van der Waals surface area contributed by atoms with E-state index in [-0.39, 0.29) is 24.4 Å². The number of ether oxygens (including phenoxy) is 1. The summed E-state index contributed by atoms with van der Waals surface area (Å²) in [5, 5.41) is 0. The smallest absolute Gasteiger partial charge is 0.303 e. The minimum atomic E-state index is -0.517. The van der Waals surface area contributed by atoms with Crippen LogP contribution in [0.4, 0.5) is 0 Å². The molecule has 2 aliphatic rings. The van der Waals surface area contributed by atoms with Gasteiger partial charge >= 0.3 is 5.97 Å². The van der Waals surface area contributed by atoms with Gasteiger partial charge in [-0.15, -0.1) is 12.4 Å². The first kappa shape index (κ1) is 19.2. The molecule has 2 fully saturated rings. The largest absolute Gasteiger partial charge is 0.453 e. The summed E-state index contributed by atoms with van der Waals surface area (Å²) in [6.45, 7) is 5.65. The Morgan fingerprint density at radius 2 is 1.79 bits per heavy atom. The van der Waals surface area contributed by atoms with Crippen molar-refractivity contribution in [2.45, 2.75) is 44.2 Å². The Balaban J connectivity index is 0.00000208. The lowest BCUT2D eigenvalue weighted by Gasteiger charge is -2.51. The van der Waals surface area contributed by atoms with Gasteiger partial charge in [-0.3, -0.25) is 9.69 Å². The summed E-state index contributed by atoms with van der Waals surface area (Å²) < 4.78 is 6.07. The Labute approximate surface area is 151 Å². The molecule has 2 aliphatic heterocycles. The van der Waals surface area contributed by atoms with Crippen molar-refractivity contribution in [1.82, 2.24) is 9.80 Å². The molecule has 0 N–H and O–H groups in total. The number of carbonyl (C=O) groups is 1. The number of esters is 1. The van der Waals surface area contributed by atoms with Gasteiger partial charge in [0.2, 0.25) is 0 Å². The monoisotopic (exact) mass is 352 g/mol. The fraction of sp³-hybridized carbons (Fsp3) is 0.632. The number of likely N-dealkylation sites (tertiary alicyclic amines) is 2. The lowest BCUT2D eigenvalue weighted by molar-refractivity contribution is -0.177. The van der Waals surface area contributed by atoms with Gasteiger partial charge in [-0.25, -0.2) is 0 Å². The number of likely N-dealkylation sites (N-methyl/N-ethyl adjacent to an activating group) is 1. The summed E-state index contributed by atoms with van der Waals surface area (Å²) in [4.78, 5) is 16.9. The van der Waals surface area contributed by atoms with Crippen LogP contribution in [0.25, 0.3) is 0 Å². The lowest BCUT2D eigenvalue weighted by atomic mass is 9.78. The van der Waals surface area contributed by atoms with Gasteiger partial charge in [0, 0.05) is 26.4 Å². The predicted molar refractivity (Wildman–Crippen MR) is 98.5 cm³/mol. The zero-order chi connectivity index (χ0) is 16.3. The van der Waals surface area contributed by atoms with Crippen LogP contribution in [0.1, 0.15) is 38.2 Å². The summed E-state index contributed by atoms with van der Waals surface area (Å²) in [7, 11) is 2.17. The van der Waals surface area contributed by atoms with E-state index in [9.17, 15) is 4.79 Å². The minimum absolute atomic E-state index is 0. The highest BCUT2D eigenvalue weighted by molar-refractivity contribution is 5.85. The first-order valence-corrected chi connectivity index (χ1v) is 8.79. The van der Waals surface area contributed by atoms with Gasteiger partial charge < -0.3 is 9.64 Å². The van der Waals surface area contributed by atoms with Crippen molar-refractivity contribution in [3.8, 4) is 0 Å². The SMILES string of the molecule is CC(=O)OC1(c2ccccc2)CCN(C)CC1N1CCCCC1.Cl. The first-order valence-electron chi connectivity index (χ1n) is 8.79. The number of hydrogen-bond donors (Lipinski definition) is 0. The molecule has 1 aromatic rings. The average molecular weight is 353 g/mol. The number of rotatable bonds is 3. The van der Waals surface area contributed by atoms with E-state index in [4.69, 9.17) is 4.74 Å². The fourth-order valence-corrected chi connectivity index (χ4v) is 4.19. The maximum Gasteiger partial charge on any atom is 0.303 e. The maximum absolute atomic E-state index is 11.9. The fourth-order valence-electron chi connectivity index (χ4n) is 4.19. The molecule has 0 spiro atoms. The van der Waals surface area contributed by atoms with Crippen molar-refractivity contribution >= 4 is 18.4 Å². The third-order valence-electron chi connectivity index (χ3n) is 5.31. The van der Waals surface area contributed by atoms with Gasteiger partial charge in [0.25, 0.3) is 0 Å². The molecule has 2 saturated heterocycles. The van der Waals surface area contributed by atoms with Crippen molar-refractivity contribution < 1.29 is 9.53 Å². The van der Waals surface area contributed by atoms with Crippen LogP contribution in [-0.4, -0.2) is 55.0 Å². The summed E-state index contributed by atoms with van der Waals surface area (Å²) >= 11 is 0. The van der Waals surface area contributed by atoms with Crippen molar-refractivity contribution in [2.24, 2.45) is 0 Å². The van der Waals surface area contributed by atoms with E-state index in [2.05, 4.69) is 29.0 Å². The molecule has 1 aromatic carbocycles. The quantitative estimate of drug-likeness (QED) is 0.783. The molecule has 2 heterocycles. The van der Waals surface area contributed by atoms with Crippen LogP contribution in [0.5, 0.6) is 0 Å². The number of hydrogen-bond acceptors (Lipinski definition) is 4. The summed E-state index contributed by atoms with van der Waals surface area (Å²) in [6, 6.07) is 10.6. The van der Waals surface area contributed by atoms with Gasteiger partial charge in [0.05, 0.1) is 6.04 Å². The zero-order valence-corrected chi connectivity index (χ0v) is 15.6. The van der Waals surface area contributed by atoms with E-state index in [1.165, 1.54) is 26.2 Å². The van der Waals surface area contributed by atoms with Crippen LogP contribution in [0.3, 0.4) is 0 Å². The predicted octanol–water partition coefficient (Wildman–Crippen LogP) is 3.06. The van der Waals surface area contributed by atoms with E-state index in [1.807, 2.05) is 18.2 Å². The topological polar surface area (TPSA) is 32.8 Å². The number of benzene rings is 1. The number of carbonyl (C=O) groups excluding carboxylic acids is 1. The van der Waals surface area contributed by atoms with E-state index >= 15 is 0 Å². The van der Waals surface area contributed by atoms with Crippen LogP contribution < -0.4 is 0 Å². The van der Waals surface area contributed by atoms with Gasteiger partial charge in [0.1, 0.15) is 0 Å². The Kier molecular flexibility index (Phi) is 6.67. The average Bonchev–Trinajstić information content (AvgIpc) is 2.58. The summed E-state index contributed by atoms with van der Waals surface area (Å²) in [6.07, 6.45) is 4.65. The minimum Gasteiger partial charge on any atom is -0.453 e. The second kappa shape index (κ2) is 8.32. The Morgan fingerprint density at radius 1 is 1.12 bits per heavy atom. The van der Waals surface area contributed by atoms with E-state index in [0.29, 0.717) is 0 Å². The van der Waals surface area contributed by atoms with Crippen LogP contribution in [0.15, 0.2) is 30.3 Å². The lowest BCUT2D eigenvalue weighted by Crippen LogP contribution is -2.62. The van der Waals surface area contributed by atoms with E-state index in [1.54, 1.807) is 0 Å². The van der Waals surface area contributed by atoms with Crippen molar-refractivity contribution in [3.05, 3.63) is 35.9 Å². The highest BCUT2D eigenvalue weighted by atomic mass is 35.5.